The number of thioether (sulfide) groups is 1. The van der Waals surface area contributed by atoms with Gasteiger partial charge in [-0.15, -0.1) is 0 Å². The molecule has 4 nitrogen and oxygen atoms in total. The molecule has 0 aliphatic heterocycles. The van der Waals surface area contributed by atoms with Crippen LogP contribution in [-0.2, 0) is 6.54 Å². The molecule has 1 heterocycles. The molecule has 5 heteroatoms. The van der Waals surface area contributed by atoms with E-state index in [0.717, 1.165) is 23.2 Å². The first-order valence-electron chi connectivity index (χ1n) is 5.32. The van der Waals surface area contributed by atoms with Crippen LogP contribution in [0.1, 0.15) is 5.56 Å². The topological polar surface area (TPSA) is 63.5 Å². The zero-order chi connectivity index (χ0) is 12.3. The largest absolute Gasteiger partial charge is 0.409 e. The Hall–Kier alpha value is -1.62. The number of amidine groups is 1. The van der Waals surface area contributed by atoms with Gasteiger partial charge in [0, 0.05) is 35.0 Å². The van der Waals surface area contributed by atoms with Gasteiger partial charge in [-0.3, -0.25) is 0 Å². The molecule has 0 bridgehead atoms. The molecule has 0 amide bonds. The van der Waals surface area contributed by atoms with Crippen molar-refractivity contribution in [2.24, 2.45) is 10.9 Å². The van der Waals surface area contributed by atoms with Crippen LogP contribution in [0.25, 0.3) is 10.9 Å². The van der Waals surface area contributed by atoms with Gasteiger partial charge in [-0.05, 0) is 30.5 Å². The Labute approximate surface area is 104 Å². The smallest absolute Gasteiger partial charge is 0.170 e. The van der Waals surface area contributed by atoms with Crippen LogP contribution < -0.4 is 5.73 Å². The molecule has 0 saturated carbocycles. The first kappa shape index (κ1) is 11.9. The Balaban J connectivity index is 2.38. The summed E-state index contributed by atoms with van der Waals surface area (Å²) in [5.74, 6) is 1.23. The lowest BCUT2D eigenvalue weighted by Gasteiger charge is -2.04. The van der Waals surface area contributed by atoms with Crippen molar-refractivity contribution in [1.29, 1.82) is 0 Å². The average molecular weight is 249 g/mol. The molecule has 0 radical (unpaired) electrons. The maximum absolute atomic E-state index is 8.64. The SMILES string of the molecule is CSCCn1ccc2cc(/C(N)=N/O)ccc21. The van der Waals surface area contributed by atoms with E-state index in [4.69, 9.17) is 10.9 Å². The molecule has 0 atom stereocenters. The van der Waals surface area contributed by atoms with Crippen molar-refractivity contribution in [1.82, 2.24) is 4.57 Å². The van der Waals surface area contributed by atoms with E-state index in [2.05, 4.69) is 22.2 Å². The Kier molecular flexibility index (Phi) is 3.58. The third-order valence-corrected chi connectivity index (χ3v) is 3.30. The van der Waals surface area contributed by atoms with Gasteiger partial charge < -0.3 is 15.5 Å². The van der Waals surface area contributed by atoms with E-state index < -0.39 is 0 Å². The summed E-state index contributed by atoms with van der Waals surface area (Å²) in [6.45, 7) is 0.994. The van der Waals surface area contributed by atoms with Gasteiger partial charge in [0.2, 0.25) is 0 Å². The summed E-state index contributed by atoms with van der Waals surface area (Å²) in [6.07, 6.45) is 4.17. The Bertz CT molecular complexity index is 548. The molecule has 0 spiro atoms. The second kappa shape index (κ2) is 5.14. The van der Waals surface area contributed by atoms with E-state index in [9.17, 15) is 0 Å². The Morgan fingerprint density at radius 1 is 1.47 bits per heavy atom. The number of nitrogens with two attached hydrogens (primary N) is 1. The summed E-state index contributed by atoms with van der Waals surface area (Å²) >= 11 is 1.83. The molecule has 90 valence electrons. The Morgan fingerprint density at radius 2 is 2.29 bits per heavy atom. The Morgan fingerprint density at radius 3 is 3.00 bits per heavy atom. The minimum Gasteiger partial charge on any atom is -0.409 e. The van der Waals surface area contributed by atoms with Gasteiger partial charge in [-0.2, -0.15) is 11.8 Å². The molecule has 1 aromatic carbocycles. The second-order valence-corrected chi connectivity index (χ2v) is 4.75. The van der Waals surface area contributed by atoms with Crippen molar-refractivity contribution in [3.05, 3.63) is 36.0 Å². The first-order chi connectivity index (χ1) is 8.26. The lowest BCUT2D eigenvalue weighted by molar-refractivity contribution is 0.318. The number of benzene rings is 1. The minimum absolute atomic E-state index is 0.142. The first-order valence-corrected chi connectivity index (χ1v) is 6.71. The summed E-state index contributed by atoms with van der Waals surface area (Å²) in [7, 11) is 0. The van der Waals surface area contributed by atoms with E-state index in [-0.39, 0.29) is 5.84 Å². The quantitative estimate of drug-likeness (QED) is 0.377. The number of nitrogens with zero attached hydrogens (tertiary/aromatic N) is 2. The number of oxime groups is 1. The summed E-state index contributed by atoms with van der Waals surface area (Å²) in [5, 5.41) is 12.7. The van der Waals surface area contributed by atoms with Crippen LogP contribution in [0.4, 0.5) is 0 Å². The van der Waals surface area contributed by atoms with Gasteiger partial charge in [-0.1, -0.05) is 5.16 Å². The molecule has 0 aliphatic carbocycles. The molecule has 2 aromatic rings. The van der Waals surface area contributed by atoms with Crippen LogP contribution in [0.2, 0.25) is 0 Å². The van der Waals surface area contributed by atoms with E-state index in [1.807, 2.05) is 36.0 Å². The third-order valence-electron chi connectivity index (χ3n) is 2.71. The number of aryl methyl sites for hydroxylation is 1. The summed E-state index contributed by atoms with van der Waals surface area (Å²) in [4.78, 5) is 0. The molecule has 0 saturated heterocycles. The predicted octanol–water partition coefficient (Wildman–Crippen LogP) is 2.10. The number of rotatable bonds is 4. The fraction of sp³-hybridized carbons (Fsp3) is 0.250. The zero-order valence-corrected chi connectivity index (χ0v) is 10.4. The van der Waals surface area contributed by atoms with Gasteiger partial charge in [-0.25, -0.2) is 0 Å². The fourth-order valence-corrected chi connectivity index (χ4v) is 2.18. The minimum atomic E-state index is 0.142. The van der Waals surface area contributed by atoms with E-state index in [1.54, 1.807) is 0 Å². The van der Waals surface area contributed by atoms with Gasteiger partial charge in [0.15, 0.2) is 5.84 Å². The standard InChI is InChI=1S/C12H15N3OS/c1-17-7-6-15-5-4-9-8-10(12(13)14-16)2-3-11(9)15/h2-5,8,16H,6-7H2,1H3,(H2,13,14). The van der Waals surface area contributed by atoms with Crippen molar-refractivity contribution >= 4 is 28.5 Å². The molecule has 1 aromatic heterocycles. The van der Waals surface area contributed by atoms with Crippen molar-refractivity contribution in [2.45, 2.75) is 6.54 Å². The number of hydrogen-bond acceptors (Lipinski definition) is 3. The van der Waals surface area contributed by atoms with Crippen LogP contribution in [-0.4, -0.2) is 27.6 Å². The molecular formula is C12H15N3OS. The van der Waals surface area contributed by atoms with Crippen molar-refractivity contribution in [3.63, 3.8) is 0 Å². The van der Waals surface area contributed by atoms with Gasteiger partial charge in [0.05, 0.1) is 0 Å². The van der Waals surface area contributed by atoms with Crippen LogP contribution in [0.3, 0.4) is 0 Å². The van der Waals surface area contributed by atoms with Crippen molar-refractivity contribution < 1.29 is 5.21 Å². The second-order valence-electron chi connectivity index (χ2n) is 3.76. The molecule has 0 aliphatic rings. The summed E-state index contributed by atoms with van der Waals surface area (Å²) in [6, 6.07) is 7.85. The number of hydrogen-bond donors (Lipinski definition) is 2. The molecule has 3 N–H and O–H groups in total. The molecule has 17 heavy (non-hydrogen) atoms. The highest BCUT2D eigenvalue weighted by atomic mass is 32.2. The lowest BCUT2D eigenvalue weighted by atomic mass is 10.1. The fourth-order valence-electron chi connectivity index (χ4n) is 1.80. The van der Waals surface area contributed by atoms with Crippen molar-refractivity contribution in [2.75, 3.05) is 12.0 Å². The third kappa shape index (κ3) is 2.39. The van der Waals surface area contributed by atoms with Crippen LogP contribution >= 0.6 is 11.8 Å². The lowest BCUT2D eigenvalue weighted by Crippen LogP contribution is -2.12. The highest BCUT2D eigenvalue weighted by molar-refractivity contribution is 7.98. The maximum Gasteiger partial charge on any atom is 0.170 e. The normalized spacial score (nSPS) is 12.2. The highest BCUT2D eigenvalue weighted by Crippen LogP contribution is 2.18. The van der Waals surface area contributed by atoms with Crippen LogP contribution in [0.15, 0.2) is 35.6 Å². The number of aromatic nitrogens is 1. The van der Waals surface area contributed by atoms with E-state index >= 15 is 0 Å². The molecule has 0 fully saturated rings. The van der Waals surface area contributed by atoms with Gasteiger partial charge >= 0.3 is 0 Å². The number of fused-ring (bicyclic) bond motifs is 1. The van der Waals surface area contributed by atoms with Crippen LogP contribution in [0, 0.1) is 0 Å². The van der Waals surface area contributed by atoms with Gasteiger partial charge in [0.1, 0.15) is 0 Å². The monoisotopic (exact) mass is 249 g/mol. The molecule has 0 unspecified atom stereocenters. The maximum atomic E-state index is 8.64. The van der Waals surface area contributed by atoms with E-state index in [0.29, 0.717) is 0 Å². The van der Waals surface area contributed by atoms with E-state index in [1.165, 1.54) is 5.52 Å². The zero-order valence-electron chi connectivity index (χ0n) is 9.63. The predicted molar refractivity (Wildman–Crippen MR) is 72.8 cm³/mol. The highest BCUT2D eigenvalue weighted by Gasteiger charge is 2.04. The van der Waals surface area contributed by atoms with Gasteiger partial charge in [0.25, 0.3) is 0 Å². The summed E-state index contributed by atoms with van der Waals surface area (Å²) < 4.78 is 2.21. The van der Waals surface area contributed by atoms with Crippen LogP contribution in [0.5, 0.6) is 0 Å². The van der Waals surface area contributed by atoms with Crippen molar-refractivity contribution in [3.8, 4) is 0 Å². The average Bonchev–Trinajstić information content (AvgIpc) is 2.77. The molecule has 2 rings (SSSR count). The molecular weight excluding hydrogens is 234 g/mol. The summed E-state index contributed by atoms with van der Waals surface area (Å²) in [5.41, 5.74) is 7.48.